The van der Waals surface area contributed by atoms with E-state index in [-0.39, 0.29) is 5.69 Å². The molecule has 1 unspecified atom stereocenters. The summed E-state index contributed by atoms with van der Waals surface area (Å²) in [5, 5.41) is 10.5. The Bertz CT molecular complexity index is 1020. The molecule has 0 saturated carbocycles. The van der Waals surface area contributed by atoms with Gasteiger partial charge in [-0.1, -0.05) is 0 Å². The van der Waals surface area contributed by atoms with Crippen molar-refractivity contribution in [1.29, 1.82) is 0 Å². The number of hydrogen-bond acceptors (Lipinski definition) is 4. The van der Waals surface area contributed by atoms with Gasteiger partial charge in [-0.15, -0.1) is 0 Å². The molecule has 0 radical (unpaired) electrons. The van der Waals surface area contributed by atoms with Crippen LogP contribution in [0, 0.1) is 6.92 Å². The summed E-state index contributed by atoms with van der Waals surface area (Å²) in [7, 11) is 3.03. The van der Waals surface area contributed by atoms with Crippen molar-refractivity contribution < 1.29 is 18.0 Å². The largest absolute Gasteiger partial charge is 0.435 e. The first kappa shape index (κ1) is 19.6. The molecule has 0 bridgehead atoms. The van der Waals surface area contributed by atoms with Crippen molar-refractivity contribution in [2.24, 2.45) is 14.1 Å². The van der Waals surface area contributed by atoms with E-state index in [1.165, 1.54) is 7.05 Å². The van der Waals surface area contributed by atoms with E-state index in [2.05, 4.69) is 20.5 Å². The van der Waals surface area contributed by atoms with E-state index >= 15 is 0 Å². The lowest BCUT2D eigenvalue weighted by Crippen LogP contribution is -2.29. The molecule has 3 rings (SSSR count). The lowest BCUT2D eigenvalue weighted by Gasteiger charge is -2.14. The fraction of sp³-hybridized carbons (Fsp3) is 0.333. The zero-order chi connectivity index (χ0) is 20.6. The number of rotatable bonds is 4. The lowest BCUT2D eigenvalue weighted by atomic mass is 10.1. The van der Waals surface area contributed by atoms with Crippen LogP contribution >= 0.6 is 0 Å². The van der Waals surface area contributed by atoms with Gasteiger partial charge in [0.1, 0.15) is 5.69 Å². The van der Waals surface area contributed by atoms with Gasteiger partial charge in [-0.3, -0.25) is 19.1 Å². The summed E-state index contributed by atoms with van der Waals surface area (Å²) in [6.07, 6.45) is -2.92. The van der Waals surface area contributed by atoms with Gasteiger partial charge < -0.3 is 5.32 Å². The Morgan fingerprint density at radius 1 is 1.14 bits per heavy atom. The number of carbonyl (C=O) groups excluding carboxylic acids is 1. The topological polar surface area (TPSA) is 77.6 Å². The minimum atomic E-state index is -4.61. The smallest absolute Gasteiger partial charge is 0.343 e. The highest BCUT2D eigenvalue weighted by Gasteiger charge is 2.35. The van der Waals surface area contributed by atoms with E-state index in [4.69, 9.17) is 0 Å². The Labute approximate surface area is 159 Å². The SMILES string of the molecule is Cc1cc(-c2cc(C(C)NC(=O)c3cc(C(F)(F)F)nn3C)n(C)n2)ccn1. The molecular formula is C18H19F3N6O. The van der Waals surface area contributed by atoms with Crippen LogP contribution in [0.5, 0.6) is 0 Å². The Morgan fingerprint density at radius 2 is 1.86 bits per heavy atom. The molecule has 1 N–H and O–H groups in total. The van der Waals surface area contributed by atoms with Gasteiger partial charge in [0.15, 0.2) is 5.69 Å². The van der Waals surface area contributed by atoms with Gasteiger partial charge in [0.2, 0.25) is 0 Å². The Balaban J connectivity index is 1.81. The maximum atomic E-state index is 12.8. The van der Waals surface area contributed by atoms with Crippen LogP contribution < -0.4 is 5.32 Å². The molecule has 10 heteroatoms. The normalized spacial score (nSPS) is 12.8. The van der Waals surface area contributed by atoms with Crippen LogP contribution in [0.4, 0.5) is 13.2 Å². The predicted molar refractivity (Wildman–Crippen MR) is 95.3 cm³/mol. The highest BCUT2D eigenvalue weighted by Crippen LogP contribution is 2.28. The van der Waals surface area contributed by atoms with Crippen molar-refractivity contribution in [3.05, 3.63) is 53.2 Å². The molecule has 0 fully saturated rings. The van der Waals surface area contributed by atoms with Crippen LogP contribution in [0.2, 0.25) is 0 Å². The van der Waals surface area contributed by atoms with E-state index < -0.39 is 23.8 Å². The van der Waals surface area contributed by atoms with Gasteiger partial charge in [-0.05, 0) is 32.0 Å². The van der Waals surface area contributed by atoms with E-state index in [1.54, 1.807) is 24.9 Å². The molecule has 3 aromatic heterocycles. The van der Waals surface area contributed by atoms with Crippen molar-refractivity contribution in [1.82, 2.24) is 29.9 Å². The highest BCUT2D eigenvalue weighted by molar-refractivity contribution is 5.93. The number of aromatic nitrogens is 5. The number of amides is 1. The molecule has 28 heavy (non-hydrogen) atoms. The minimum absolute atomic E-state index is 0.175. The molecule has 3 aromatic rings. The molecule has 3 heterocycles. The zero-order valence-electron chi connectivity index (χ0n) is 15.7. The quantitative estimate of drug-likeness (QED) is 0.740. The maximum absolute atomic E-state index is 12.8. The van der Waals surface area contributed by atoms with Crippen LogP contribution in [0.15, 0.2) is 30.5 Å². The molecule has 0 saturated heterocycles. The van der Waals surface area contributed by atoms with Crippen LogP contribution in [0.3, 0.4) is 0 Å². The highest BCUT2D eigenvalue weighted by atomic mass is 19.4. The number of hydrogen-bond donors (Lipinski definition) is 1. The molecular weight excluding hydrogens is 373 g/mol. The first-order valence-corrected chi connectivity index (χ1v) is 8.45. The van der Waals surface area contributed by atoms with E-state index in [1.807, 2.05) is 25.1 Å². The second-order valence-electron chi connectivity index (χ2n) is 6.50. The third-order valence-electron chi connectivity index (χ3n) is 4.30. The van der Waals surface area contributed by atoms with E-state index in [0.717, 1.165) is 22.0 Å². The molecule has 0 aliphatic carbocycles. The van der Waals surface area contributed by atoms with Crippen LogP contribution in [-0.4, -0.2) is 30.5 Å². The number of aryl methyl sites for hydroxylation is 3. The monoisotopic (exact) mass is 392 g/mol. The first-order valence-electron chi connectivity index (χ1n) is 8.45. The first-order chi connectivity index (χ1) is 13.1. The molecule has 0 aliphatic heterocycles. The number of pyridine rings is 1. The van der Waals surface area contributed by atoms with Crippen molar-refractivity contribution in [3.8, 4) is 11.3 Å². The number of carbonyl (C=O) groups is 1. The van der Waals surface area contributed by atoms with Crippen molar-refractivity contribution >= 4 is 5.91 Å². The van der Waals surface area contributed by atoms with Crippen LogP contribution in [0.25, 0.3) is 11.3 Å². The Hall–Kier alpha value is -3.17. The zero-order valence-corrected chi connectivity index (χ0v) is 15.7. The van der Waals surface area contributed by atoms with Gasteiger partial charge in [-0.25, -0.2) is 0 Å². The van der Waals surface area contributed by atoms with Crippen molar-refractivity contribution in [2.75, 3.05) is 0 Å². The van der Waals surface area contributed by atoms with E-state index in [9.17, 15) is 18.0 Å². The van der Waals surface area contributed by atoms with E-state index in [0.29, 0.717) is 11.4 Å². The Kier molecular flexibility index (Phi) is 4.97. The Morgan fingerprint density at radius 3 is 2.46 bits per heavy atom. The van der Waals surface area contributed by atoms with Crippen molar-refractivity contribution in [2.45, 2.75) is 26.1 Å². The van der Waals surface area contributed by atoms with Gasteiger partial charge in [0.25, 0.3) is 5.91 Å². The molecule has 7 nitrogen and oxygen atoms in total. The molecule has 0 aliphatic rings. The summed E-state index contributed by atoms with van der Waals surface area (Å²) < 4.78 is 40.9. The molecule has 0 aromatic carbocycles. The predicted octanol–water partition coefficient (Wildman–Crippen LogP) is 3.03. The third kappa shape index (κ3) is 3.90. The average molecular weight is 392 g/mol. The summed E-state index contributed by atoms with van der Waals surface area (Å²) in [4.78, 5) is 16.6. The lowest BCUT2D eigenvalue weighted by molar-refractivity contribution is -0.141. The van der Waals surface area contributed by atoms with Gasteiger partial charge in [-0.2, -0.15) is 23.4 Å². The number of nitrogens with zero attached hydrogens (tertiary/aromatic N) is 5. The fourth-order valence-corrected chi connectivity index (χ4v) is 2.90. The summed E-state index contributed by atoms with van der Waals surface area (Å²) >= 11 is 0. The number of halogens is 3. The molecule has 1 amide bonds. The van der Waals surface area contributed by atoms with Gasteiger partial charge in [0.05, 0.1) is 17.4 Å². The van der Waals surface area contributed by atoms with Crippen LogP contribution in [0.1, 0.15) is 40.5 Å². The van der Waals surface area contributed by atoms with Gasteiger partial charge >= 0.3 is 6.18 Å². The molecule has 1 atom stereocenters. The maximum Gasteiger partial charge on any atom is 0.435 e. The van der Waals surface area contributed by atoms with Gasteiger partial charge in [0, 0.05) is 37.6 Å². The second-order valence-corrected chi connectivity index (χ2v) is 6.50. The molecule has 148 valence electrons. The summed E-state index contributed by atoms with van der Waals surface area (Å²) in [6, 6.07) is 5.80. The summed E-state index contributed by atoms with van der Waals surface area (Å²) in [5.74, 6) is -0.652. The standard InChI is InChI=1S/C18H19F3N6O/c1-10-7-12(5-6-22-10)13-8-14(26(3)24-13)11(2)23-17(28)15-9-16(18(19,20)21)25-27(15)4/h5-9,11H,1-4H3,(H,23,28). The minimum Gasteiger partial charge on any atom is -0.343 e. The number of nitrogens with one attached hydrogen (secondary N) is 1. The van der Waals surface area contributed by atoms with Crippen molar-refractivity contribution in [3.63, 3.8) is 0 Å². The molecule has 0 spiro atoms. The summed E-state index contributed by atoms with van der Waals surface area (Å²) in [6.45, 7) is 3.61. The second kappa shape index (κ2) is 7.10. The number of alkyl halides is 3. The fourth-order valence-electron chi connectivity index (χ4n) is 2.90. The van der Waals surface area contributed by atoms with Crippen LogP contribution in [-0.2, 0) is 20.3 Å². The third-order valence-corrected chi connectivity index (χ3v) is 4.30. The summed E-state index contributed by atoms with van der Waals surface area (Å²) in [5.41, 5.74) is 1.87. The average Bonchev–Trinajstić information content (AvgIpc) is 3.18.